The van der Waals surface area contributed by atoms with Gasteiger partial charge in [-0.2, -0.15) is 4.98 Å². The van der Waals surface area contributed by atoms with Crippen molar-refractivity contribution in [1.29, 1.82) is 0 Å². The van der Waals surface area contributed by atoms with E-state index in [0.29, 0.717) is 18.1 Å². The van der Waals surface area contributed by atoms with Gasteiger partial charge < -0.3 is 14.6 Å². The number of ether oxygens (including phenoxy) is 1. The molecule has 0 spiro atoms. The Morgan fingerprint density at radius 2 is 2.19 bits per heavy atom. The van der Waals surface area contributed by atoms with Gasteiger partial charge in [-0.25, -0.2) is 0 Å². The Bertz CT molecular complexity index is 874. The van der Waals surface area contributed by atoms with Gasteiger partial charge in [0.2, 0.25) is 11.7 Å². The summed E-state index contributed by atoms with van der Waals surface area (Å²) in [6, 6.07) is 9.74. The van der Waals surface area contributed by atoms with Gasteiger partial charge in [-0.3, -0.25) is 4.79 Å². The topological polar surface area (TPSA) is 77.2 Å². The van der Waals surface area contributed by atoms with Gasteiger partial charge in [-0.05, 0) is 43.3 Å². The summed E-state index contributed by atoms with van der Waals surface area (Å²) >= 11 is 1.53. The van der Waals surface area contributed by atoms with Crippen molar-refractivity contribution in [2.75, 3.05) is 0 Å². The van der Waals surface area contributed by atoms with Gasteiger partial charge >= 0.3 is 0 Å². The van der Waals surface area contributed by atoms with Crippen LogP contribution in [0.5, 0.6) is 5.75 Å². The maximum Gasteiger partial charge on any atom is 0.261 e. The normalized spacial score (nSPS) is 12.0. The maximum atomic E-state index is 12.4. The van der Waals surface area contributed by atoms with E-state index in [1.54, 1.807) is 0 Å². The van der Waals surface area contributed by atoms with Crippen molar-refractivity contribution in [2.45, 2.75) is 39.8 Å². The van der Waals surface area contributed by atoms with Crippen LogP contribution in [0.1, 0.15) is 30.4 Å². The molecule has 0 saturated carbocycles. The van der Waals surface area contributed by atoms with Crippen LogP contribution in [0.3, 0.4) is 0 Å². The van der Waals surface area contributed by atoms with Crippen molar-refractivity contribution in [3.05, 3.63) is 52.7 Å². The van der Waals surface area contributed by atoms with Crippen LogP contribution in [0.4, 0.5) is 0 Å². The maximum absolute atomic E-state index is 12.4. The van der Waals surface area contributed by atoms with Crippen LogP contribution in [0.25, 0.3) is 10.7 Å². The van der Waals surface area contributed by atoms with E-state index in [1.165, 1.54) is 11.3 Å². The van der Waals surface area contributed by atoms with Crippen LogP contribution in [0.15, 0.2) is 40.2 Å². The van der Waals surface area contributed by atoms with Gasteiger partial charge in [0.25, 0.3) is 5.91 Å². The van der Waals surface area contributed by atoms with Gasteiger partial charge in [-0.1, -0.05) is 35.8 Å². The van der Waals surface area contributed by atoms with Gasteiger partial charge in [0.15, 0.2) is 6.10 Å². The molecule has 0 aliphatic heterocycles. The first-order chi connectivity index (χ1) is 12.6. The molecule has 7 heteroatoms. The van der Waals surface area contributed by atoms with E-state index >= 15 is 0 Å². The molecule has 0 radical (unpaired) electrons. The van der Waals surface area contributed by atoms with Crippen molar-refractivity contribution in [3.63, 3.8) is 0 Å². The average Bonchev–Trinajstić information content (AvgIpc) is 3.30. The zero-order valence-corrected chi connectivity index (χ0v) is 15.8. The minimum Gasteiger partial charge on any atom is -0.480 e. The Balaban J connectivity index is 1.59. The molecule has 0 fully saturated rings. The number of carbonyl (C=O) groups is 1. The van der Waals surface area contributed by atoms with Crippen LogP contribution in [-0.2, 0) is 11.3 Å². The summed E-state index contributed by atoms with van der Waals surface area (Å²) in [6.07, 6.45) is -0.0141. The summed E-state index contributed by atoms with van der Waals surface area (Å²) in [5.74, 6) is 1.41. The Labute approximate surface area is 156 Å². The fourth-order valence-corrected chi connectivity index (χ4v) is 3.17. The zero-order valence-electron chi connectivity index (χ0n) is 15.0. The molecule has 0 aliphatic rings. The third-order valence-electron chi connectivity index (χ3n) is 3.89. The molecule has 2 heterocycles. The molecule has 2 aromatic heterocycles. The van der Waals surface area contributed by atoms with E-state index in [1.807, 2.05) is 56.5 Å². The summed E-state index contributed by atoms with van der Waals surface area (Å²) < 4.78 is 11.1. The molecule has 0 unspecified atom stereocenters. The summed E-state index contributed by atoms with van der Waals surface area (Å²) in [5.41, 5.74) is 2.17. The average molecular weight is 371 g/mol. The standard InChI is InChI=1S/C19H21N3O3S/c1-4-14(24-15-8-7-12(2)10-13(15)3)19(23)20-11-17-21-18(22-25-17)16-6-5-9-26-16/h5-10,14H,4,11H2,1-3H3,(H,20,23)/t14-/m1/s1. The van der Waals surface area contributed by atoms with Gasteiger partial charge in [-0.15, -0.1) is 11.3 Å². The zero-order chi connectivity index (χ0) is 18.5. The second-order valence-corrected chi connectivity index (χ2v) is 6.94. The van der Waals surface area contributed by atoms with E-state index in [-0.39, 0.29) is 12.5 Å². The third kappa shape index (κ3) is 4.29. The highest BCUT2D eigenvalue weighted by Crippen LogP contribution is 2.22. The second kappa shape index (κ2) is 8.14. The largest absolute Gasteiger partial charge is 0.480 e. The van der Waals surface area contributed by atoms with Crippen LogP contribution >= 0.6 is 11.3 Å². The number of thiophene rings is 1. The summed E-state index contributed by atoms with van der Waals surface area (Å²) in [5, 5.41) is 8.68. The molecule has 0 saturated heterocycles. The molecule has 136 valence electrons. The van der Waals surface area contributed by atoms with E-state index in [9.17, 15) is 4.79 Å². The SMILES string of the molecule is CC[C@@H](Oc1ccc(C)cc1C)C(=O)NCc1nc(-c2cccs2)no1. The number of aromatic nitrogens is 2. The summed E-state index contributed by atoms with van der Waals surface area (Å²) in [6.45, 7) is 6.08. The highest BCUT2D eigenvalue weighted by atomic mass is 32.1. The lowest BCUT2D eigenvalue weighted by atomic mass is 10.1. The van der Waals surface area contributed by atoms with E-state index < -0.39 is 6.10 Å². The predicted octanol–water partition coefficient (Wildman–Crippen LogP) is 3.89. The highest BCUT2D eigenvalue weighted by Gasteiger charge is 2.20. The Morgan fingerprint density at radius 1 is 1.35 bits per heavy atom. The number of nitrogens with zero attached hydrogens (tertiary/aromatic N) is 2. The van der Waals surface area contributed by atoms with E-state index in [4.69, 9.17) is 9.26 Å². The van der Waals surface area contributed by atoms with E-state index in [0.717, 1.165) is 21.8 Å². The predicted molar refractivity (Wildman–Crippen MR) is 100 cm³/mol. The van der Waals surface area contributed by atoms with Gasteiger partial charge in [0, 0.05) is 0 Å². The van der Waals surface area contributed by atoms with Crippen LogP contribution in [-0.4, -0.2) is 22.2 Å². The number of nitrogens with one attached hydrogen (secondary N) is 1. The highest BCUT2D eigenvalue weighted by molar-refractivity contribution is 7.13. The number of aryl methyl sites for hydroxylation is 2. The molecule has 6 nitrogen and oxygen atoms in total. The molecule has 1 atom stereocenters. The molecule has 1 aromatic carbocycles. The fourth-order valence-electron chi connectivity index (χ4n) is 2.52. The number of rotatable bonds is 7. The monoisotopic (exact) mass is 371 g/mol. The molecule has 0 bridgehead atoms. The third-order valence-corrected chi connectivity index (χ3v) is 4.75. The number of amides is 1. The lowest BCUT2D eigenvalue weighted by Gasteiger charge is -2.18. The number of hydrogen-bond acceptors (Lipinski definition) is 6. The molecule has 26 heavy (non-hydrogen) atoms. The van der Waals surface area contributed by atoms with Crippen LogP contribution in [0, 0.1) is 13.8 Å². The van der Waals surface area contributed by atoms with Gasteiger partial charge in [0.1, 0.15) is 5.75 Å². The van der Waals surface area contributed by atoms with Crippen molar-refractivity contribution >= 4 is 17.2 Å². The van der Waals surface area contributed by atoms with Crippen molar-refractivity contribution < 1.29 is 14.1 Å². The molecule has 3 aromatic rings. The number of benzene rings is 1. The second-order valence-electron chi connectivity index (χ2n) is 5.99. The lowest BCUT2D eigenvalue weighted by Crippen LogP contribution is -2.37. The number of carbonyl (C=O) groups excluding carboxylic acids is 1. The summed E-state index contributed by atoms with van der Waals surface area (Å²) in [7, 11) is 0. The molecule has 0 aliphatic carbocycles. The quantitative estimate of drug-likeness (QED) is 0.682. The lowest BCUT2D eigenvalue weighted by molar-refractivity contribution is -0.128. The van der Waals surface area contributed by atoms with Crippen LogP contribution < -0.4 is 10.1 Å². The Kier molecular flexibility index (Phi) is 5.68. The molecular weight excluding hydrogens is 350 g/mol. The van der Waals surface area contributed by atoms with Crippen LogP contribution in [0.2, 0.25) is 0 Å². The smallest absolute Gasteiger partial charge is 0.261 e. The van der Waals surface area contributed by atoms with Gasteiger partial charge in [0.05, 0.1) is 11.4 Å². The fraction of sp³-hybridized carbons (Fsp3) is 0.316. The Morgan fingerprint density at radius 3 is 2.88 bits per heavy atom. The van der Waals surface area contributed by atoms with E-state index in [2.05, 4.69) is 15.5 Å². The first-order valence-electron chi connectivity index (χ1n) is 8.45. The first-order valence-corrected chi connectivity index (χ1v) is 9.33. The van der Waals surface area contributed by atoms with Crippen molar-refractivity contribution in [2.24, 2.45) is 0 Å². The number of hydrogen-bond donors (Lipinski definition) is 1. The van der Waals surface area contributed by atoms with Crippen molar-refractivity contribution in [3.8, 4) is 16.5 Å². The first kappa shape index (κ1) is 18.1. The molecule has 1 N–H and O–H groups in total. The molecule has 1 amide bonds. The Hall–Kier alpha value is -2.67. The molecular formula is C19H21N3O3S. The minimum absolute atomic E-state index is 0.171. The summed E-state index contributed by atoms with van der Waals surface area (Å²) in [4.78, 5) is 17.7. The minimum atomic E-state index is -0.573. The van der Waals surface area contributed by atoms with Crippen molar-refractivity contribution in [1.82, 2.24) is 15.5 Å². The molecule has 3 rings (SSSR count).